The van der Waals surface area contributed by atoms with Gasteiger partial charge in [0.25, 0.3) is 0 Å². The molecule has 1 aromatic carbocycles. The predicted molar refractivity (Wildman–Crippen MR) is 79.1 cm³/mol. The van der Waals surface area contributed by atoms with Gasteiger partial charge in [-0.05, 0) is 31.0 Å². The zero-order valence-electron chi connectivity index (χ0n) is 12.2. The van der Waals surface area contributed by atoms with Crippen molar-refractivity contribution < 1.29 is 4.74 Å². The van der Waals surface area contributed by atoms with Crippen LogP contribution in [0.1, 0.15) is 31.4 Å². The average molecular weight is 262 g/mol. The Kier molecular flexibility index (Phi) is 5.83. The van der Waals surface area contributed by atoms with E-state index < -0.39 is 0 Å². The first-order valence-corrected chi connectivity index (χ1v) is 7.40. The normalized spacial score (nSPS) is 20.6. The molecule has 1 saturated heterocycles. The Labute approximate surface area is 116 Å². The Hall–Kier alpha value is -0.900. The van der Waals surface area contributed by atoms with Crippen LogP contribution >= 0.6 is 0 Å². The monoisotopic (exact) mass is 262 g/mol. The molecule has 1 atom stereocenters. The van der Waals surface area contributed by atoms with E-state index >= 15 is 0 Å². The summed E-state index contributed by atoms with van der Waals surface area (Å²) >= 11 is 0. The molecule has 1 aliphatic rings. The van der Waals surface area contributed by atoms with Gasteiger partial charge in [0, 0.05) is 26.2 Å². The molecular formula is C16H26N2O. The lowest BCUT2D eigenvalue weighted by molar-refractivity contribution is -0.0212. The third kappa shape index (κ3) is 4.94. The van der Waals surface area contributed by atoms with Gasteiger partial charge in [-0.2, -0.15) is 0 Å². The summed E-state index contributed by atoms with van der Waals surface area (Å²) < 4.78 is 5.57. The van der Waals surface area contributed by atoms with Crippen molar-refractivity contribution in [3.8, 4) is 0 Å². The zero-order chi connectivity index (χ0) is 13.5. The fourth-order valence-electron chi connectivity index (χ4n) is 2.46. The molecule has 2 rings (SSSR count). The molecule has 1 heterocycles. The molecule has 1 aromatic rings. The van der Waals surface area contributed by atoms with Gasteiger partial charge in [-0.1, -0.05) is 31.2 Å². The van der Waals surface area contributed by atoms with Gasteiger partial charge in [-0.25, -0.2) is 0 Å². The molecule has 0 bridgehead atoms. The van der Waals surface area contributed by atoms with E-state index in [1.165, 1.54) is 17.5 Å². The third-order valence-electron chi connectivity index (χ3n) is 3.51. The van der Waals surface area contributed by atoms with Gasteiger partial charge in [-0.15, -0.1) is 0 Å². The Balaban J connectivity index is 1.81. The van der Waals surface area contributed by atoms with Gasteiger partial charge in [0.2, 0.25) is 0 Å². The maximum absolute atomic E-state index is 5.57. The van der Waals surface area contributed by atoms with Crippen LogP contribution in [0, 0.1) is 0 Å². The van der Waals surface area contributed by atoms with Crippen LogP contribution in [0.2, 0.25) is 0 Å². The standard InChI is InChI=1S/C16H26N2O/c1-3-8-17-11-15-4-6-16(7-5-15)13-18-9-10-19-14(2)12-18/h4-7,14,17H,3,8-13H2,1-2H3. The fraction of sp³-hybridized carbons (Fsp3) is 0.625. The van der Waals surface area contributed by atoms with Gasteiger partial charge < -0.3 is 10.1 Å². The first-order valence-electron chi connectivity index (χ1n) is 7.40. The number of benzene rings is 1. The lowest BCUT2D eigenvalue weighted by Crippen LogP contribution is -2.40. The highest BCUT2D eigenvalue weighted by Crippen LogP contribution is 2.11. The molecule has 0 amide bonds. The van der Waals surface area contributed by atoms with E-state index in [1.54, 1.807) is 0 Å². The quantitative estimate of drug-likeness (QED) is 0.797. The molecule has 1 fully saturated rings. The number of nitrogens with one attached hydrogen (secondary N) is 1. The Morgan fingerprint density at radius 3 is 2.68 bits per heavy atom. The average Bonchev–Trinajstić information content (AvgIpc) is 2.41. The zero-order valence-corrected chi connectivity index (χ0v) is 12.2. The molecule has 0 radical (unpaired) electrons. The minimum Gasteiger partial charge on any atom is -0.376 e. The predicted octanol–water partition coefficient (Wildman–Crippen LogP) is 2.41. The number of nitrogens with zero attached hydrogens (tertiary/aromatic N) is 1. The van der Waals surface area contributed by atoms with Crippen molar-refractivity contribution in [3.05, 3.63) is 35.4 Å². The molecule has 3 nitrogen and oxygen atoms in total. The maximum atomic E-state index is 5.57. The van der Waals surface area contributed by atoms with Crippen molar-refractivity contribution in [1.29, 1.82) is 0 Å². The summed E-state index contributed by atoms with van der Waals surface area (Å²) in [5.74, 6) is 0. The number of rotatable bonds is 6. The topological polar surface area (TPSA) is 24.5 Å². The van der Waals surface area contributed by atoms with Crippen LogP contribution in [0.25, 0.3) is 0 Å². The van der Waals surface area contributed by atoms with E-state index in [9.17, 15) is 0 Å². The largest absolute Gasteiger partial charge is 0.376 e. The van der Waals surface area contributed by atoms with Gasteiger partial charge >= 0.3 is 0 Å². The summed E-state index contributed by atoms with van der Waals surface area (Å²) in [5, 5.41) is 3.43. The lowest BCUT2D eigenvalue weighted by Gasteiger charge is -2.31. The van der Waals surface area contributed by atoms with E-state index in [1.807, 2.05) is 0 Å². The second-order valence-corrected chi connectivity index (χ2v) is 5.41. The van der Waals surface area contributed by atoms with Gasteiger partial charge in [0.15, 0.2) is 0 Å². The summed E-state index contributed by atoms with van der Waals surface area (Å²) in [4.78, 5) is 2.47. The second kappa shape index (κ2) is 7.63. The van der Waals surface area contributed by atoms with Gasteiger partial charge in [-0.3, -0.25) is 4.90 Å². The molecular weight excluding hydrogens is 236 g/mol. The Morgan fingerprint density at radius 1 is 1.26 bits per heavy atom. The summed E-state index contributed by atoms with van der Waals surface area (Å²) in [5.41, 5.74) is 2.76. The maximum Gasteiger partial charge on any atom is 0.0674 e. The van der Waals surface area contributed by atoms with E-state index in [4.69, 9.17) is 4.74 Å². The Bertz CT molecular complexity index is 364. The SMILES string of the molecule is CCCNCc1ccc(CN2CCOC(C)C2)cc1. The van der Waals surface area contributed by atoms with Crippen LogP contribution in [0.5, 0.6) is 0 Å². The van der Waals surface area contributed by atoms with Crippen molar-refractivity contribution in [3.63, 3.8) is 0 Å². The lowest BCUT2D eigenvalue weighted by atomic mass is 10.1. The van der Waals surface area contributed by atoms with Crippen LogP contribution in [0.15, 0.2) is 24.3 Å². The van der Waals surface area contributed by atoms with Crippen molar-refractivity contribution in [2.45, 2.75) is 39.5 Å². The molecule has 0 aromatic heterocycles. The number of hydrogen-bond donors (Lipinski definition) is 1. The van der Waals surface area contributed by atoms with Crippen LogP contribution in [-0.2, 0) is 17.8 Å². The van der Waals surface area contributed by atoms with E-state index in [0.29, 0.717) is 6.10 Å². The molecule has 0 saturated carbocycles. The number of ether oxygens (including phenoxy) is 1. The van der Waals surface area contributed by atoms with Crippen LogP contribution < -0.4 is 5.32 Å². The molecule has 1 aliphatic heterocycles. The highest BCUT2D eigenvalue weighted by atomic mass is 16.5. The molecule has 1 unspecified atom stereocenters. The van der Waals surface area contributed by atoms with Crippen LogP contribution in [-0.4, -0.2) is 37.2 Å². The number of hydrogen-bond acceptors (Lipinski definition) is 3. The summed E-state index contributed by atoms with van der Waals surface area (Å²) in [7, 11) is 0. The highest BCUT2D eigenvalue weighted by molar-refractivity contribution is 5.22. The van der Waals surface area contributed by atoms with Crippen LogP contribution in [0.3, 0.4) is 0 Å². The van der Waals surface area contributed by atoms with E-state index in [-0.39, 0.29) is 0 Å². The van der Waals surface area contributed by atoms with Gasteiger partial charge in [0.05, 0.1) is 12.7 Å². The minimum absolute atomic E-state index is 0.367. The number of morpholine rings is 1. The molecule has 0 aliphatic carbocycles. The van der Waals surface area contributed by atoms with E-state index in [0.717, 1.165) is 39.3 Å². The molecule has 1 N–H and O–H groups in total. The van der Waals surface area contributed by atoms with Crippen molar-refractivity contribution in [2.75, 3.05) is 26.2 Å². The van der Waals surface area contributed by atoms with Crippen molar-refractivity contribution in [2.24, 2.45) is 0 Å². The molecule has 0 spiro atoms. The van der Waals surface area contributed by atoms with Gasteiger partial charge in [0.1, 0.15) is 0 Å². The molecule has 106 valence electrons. The first-order chi connectivity index (χ1) is 9.28. The third-order valence-corrected chi connectivity index (χ3v) is 3.51. The molecule has 3 heteroatoms. The van der Waals surface area contributed by atoms with E-state index in [2.05, 4.69) is 48.3 Å². The van der Waals surface area contributed by atoms with Crippen molar-refractivity contribution >= 4 is 0 Å². The summed E-state index contributed by atoms with van der Waals surface area (Å²) in [6, 6.07) is 8.98. The first kappa shape index (κ1) is 14.5. The summed E-state index contributed by atoms with van der Waals surface area (Å²) in [6.07, 6.45) is 1.55. The second-order valence-electron chi connectivity index (χ2n) is 5.41. The minimum atomic E-state index is 0.367. The summed E-state index contributed by atoms with van der Waals surface area (Å²) in [6.45, 7) is 10.4. The molecule has 19 heavy (non-hydrogen) atoms. The Morgan fingerprint density at radius 2 is 2.00 bits per heavy atom. The smallest absolute Gasteiger partial charge is 0.0674 e. The fourth-order valence-corrected chi connectivity index (χ4v) is 2.46. The van der Waals surface area contributed by atoms with Crippen molar-refractivity contribution in [1.82, 2.24) is 10.2 Å². The highest BCUT2D eigenvalue weighted by Gasteiger charge is 2.16. The van der Waals surface area contributed by atoms with Crippen LogP contribution in [0.4, 0.5) is 0 Å².